The van der Waals surface area contributed by atoms with Crippen molar-refractivity contribution < 1.29 is 0 Å². The summed E-state index contributed by atoms with van der Waals surface area (Å²) in [6, 6.07) is 8.05. The lowest BCUT2D eigenvalue weighted by molar-refractivity contribution is 0.666. The van der Waals surface area contributed by atoms with Crippen LogP contribution in [0.2, 0.25) is 5.02 Å². The molecule has 0 bridgehead atoms. The second-order valence-corrected chi connectivity index (χ2v) is 5.55. The maximum absolute atomic E-state index is 5.82. The van der Waals surface area contributed by atoms with Crippen LogP contribution in [0.1, 0.15) is 12.8 Å². The molecule has 1 nitrogen and oxygen atoms in total. The molecule has 0 heterocycles. The molecule has 0 spiro atoms. The van der Waals surface area contributed by atoms with Crippen molar-refractivity contribution in [2.45, 2.75) is 17.7 Å². The van der Waals surface area contributed by atoms with Crippen molar-refractivity contribution in [3.63, 3.8) is 0 Å². The van der Waals surface area contributed by atoms with Crippen molar-refractivity contribution >= 4 is 23.4 Å². The van der Waals surface area contributed by atoms with Crippen LogP contribution in [0.25, 0.3) is 0 Å². The number of benzene rings is 1. The first-order valence-electron chi connectivity index (χ1n) is 5.44. The van der Waals surface area contributed by atoms with E-state index in [0.29, 0.717) is 0 Å². The van der Waals surface area contributed by atoms with Gasteiger partial charge in [-0.15, -0.1) is 11.8 Å². The van der Waals surface area contributed by atoms with Gasteiger partial charge >= 0.3 is 0 Å². The van der Waals surface area contributed by atoms with Crippen LogP contribution in [0.4, 0.5) is 0 Å². The third kappa shape index (κ3) is 4.45. The number of nitrogens with one attached hydrogen (secondary N) is 1. The molecule has 1 saturated carbocycles. The van der Waals surface area contributed by atoms with Gasteiger partial charge in [0, 0.05) is 22.2 Å². The van der Waals surface area contributed by atoms with Crippen LogP contribution >= 0.6 is 23.4 Å². The SMILES string of the molecule is Clc1ccc(SCCNCC2CC2)cc1. The maximum atomic E-state index is 5.82. The lowest BCUT2D eigenvalue weighted by atomic mass is 10.4. The largest absolute Gasteiger partial charge is 0.316 e. The van der Waals surface area contributed by atoms with Gasteiger partial charge < -0.3 is 5.32 Å². The predicted molar refractivity (Wildman–Crippen MR) is 67.8 cm³/mol. The Hall–Kier alpha value is -0.180. The topological polar surface area (TPSA) is 12.0 Å². The van der Waals surface area contributed by atoms with Gasteiger partial charge in [0.15, 0.2) is 0 Å². The van der Waals surface area contributed by atoms with Crippen molar-refractivity contribution in [3.8, 4) is 0 Å². The predicted octanol–water partition coefficient (Wildman–Crippen LogP) is 3.43. The van der Waals surface area contributed by atoms with Gasteiger partial charge in [-0.25, -0.2) is 0 Å². The van der Waals surface area contributed by atoms with E-state index in [2.05, 4.69) is 17.4 Å². The van der Waals surface area contributed by atoms with E-state index in [0.717, 1.165) is 23.2 Å². The van der Waals surface area contributed by atoms with Gasteiger partial charge in [0.2, 0.25) is 0 Å². The van der Waals surface area contributed by atoms with E-state index in [4.69, 9.17) is 11.6 Å². The van der Waals surface area contributed by atoms with Crippen molar-refractivity contribution in [2.75, 3.05) is 18.8 Å². The molecular formula is C12H16ClNS. The van der Waals surface area contributed by atoms with Gasteiger partial charge in [-0.1, -0.05) is 11.6 Å². The number of rotatable bonds is 6. The van der Waals surface area contributed by atoms with E-state index < -0.39 is 0 Å². The van der Waals surface area contributed by atoms with Crippen molar-refractivity contribution in [2.24, 2.45) is 5.92 Å². The molecule has 1 aliphatic carbocycles. The molecular weight excluding hydrogens is 226 g/mol. The molecule has 0 saturated heterocycles. The van der Waals surface area contributed by atoms with E-state index in [1.807, 2.05) is 23.9 Å². The molecule has 82 valence electrons. The molecule has 0 aliphatic heterocycles. The van der Waals surface area contributed by atoms with Crippen molar-refractivity contribution in [1.82, 2.24) is 5.32 Å². The van der Waals surface area contributed by atoms with Gasteiger partial charge in [0.05, 0.1) is 0 Å². The number of hydrogen-bond acceptors (Lipinski definition) is 2. The lowest BCUT2D eigenvalue weighted by Gasteiger charge is -2.03. The fraction of sp³-hybridized carbons (Fsp3) is 0.500. The summed E-state index contributed by atoms with van der Waals surface area (Å²) in [5.41, 5.74) is 0. The van der Waals surface area contributed by atoms with Crippen molar-refractivity contribution in [3.05, 3.63) is 29.3 Å². The summed E-state index contributed by atoms with van der Waals surface area (Å²) < 4.78 is 0. The van der Waals surface area contributed by atoms with Crippen LogP contribution in [0, 0.1) is 5.92 Å². The fourth-order valence-corrected chi connectivity index (χ4v) is 2.34. The molecule has 0 atom stereocenters. The third-order valence-electron chi connectivity index (χ3n) is 2.49. The summed E-state index contributed by atoms with van der Waals surface area (Å²) in [6.45, 7) is 2.31. The van der Waals surface area contributed by atoms with E-state index >= 15 is 0 Å². The summed E-state index contributed by atoms with van der Waals surface area (Å²) in [5.74, 6) is 2.11. The first-order chi connectivity index (χ1) is 7.34. The fourth-order valence-electron chi connectivity index (χ4n) is 1.40. The Morgan fingerprint density at radius 2 is 2.00 bits per heavy atom. The Bertz CT molecular complexity index is 295. The van der Waals surface area contributed by atoms with E-state index in [9.17, 15) is 0 Å². The lowest BCUT2D eigenvalue weighted by Crippen LogP contribution is -2.19. The second kappa shape index (κ2) is 5.78. The highest BCUT2D eigenvalue weighted by atomic mass is 35.5. The van der Waals surface area contributed by atoms with Crippen LogP contribution < -0.4 is 5.32 Å². The van der Waals surface area contributed by atoms with E-state index in [1.165, 1.54) is 24.3 Å². The molecule has 2 rings (SSSR count). The normalized spacial score (nSPS) is 15.5. The van der Waals surface area contributed by atoms with E-state index in [1.54, 1.807) is 0 Å². The average molecular weight is 242 g/mol. The molecule has 3 heteroatoms. The minimum atomic E-state index is 0.811. The zero-order valence-electron chi connectivity index (χ0n) is 8.71. The highest BCUT2D eigenvalue weighted by Crippen LogP contribution is 2.27. The molecule has 15 heavy (non-hydrogen) atoms. The van der Waals surface area contributed by atoms with Crippen LogP contribution in [-0.2, 0) is 0 Å². The number of thioether (sulfide) groups is 1. The van der Waals surface area contributed by atoms with Crippen LogP contribution in [0.3, 0.4) is 0 Å². The Balaban J connectivity index is 1.58. The number of halogens is 1. The zero-order valence-corrected chi connectivity index (χ0v) is 10.3. The zero-order chi connectivity index (χ0) is 10.5. The molecule has 1 aromatic carbocycles. The average Bonchev–Trinajstić information content (AvgIpc) is 3.04. The van der Waals surface area contributed by atoms with Crippen LogP contribution in [-0.4, -0.2) is 18.8 Å². The van der Waals surface area contributed by atoms with Crippen molar-refractivity contribution in [1.29, 1.82) is 0 Å². The Labute approximate surface area is 101 Å². The maximum Gasteiger partial charge on any atom is 0.0406 e. The minimum Gasteiger partial charge on any atom is -0.316 e. The van der Waals surface area contributed by atoms with Gasteiger partial charge in [0.25, 0.3) is 0 Å². The standard InChI is InChI=1S/C12H16ClNS/c13-11-3-5-12(6-4-11)15-8-7-14-9-10-1-2-10/h3-6,10,14H,1-2,7-9H2. The Morgan fingerprint density at radius 3 is 2.67 bits per heavy atom. The molecule has 0 radical (unpaired) electrons. The molecule has 0 amide bonds. The molecule has 0 unspecified atom stereocenters. The Kier molecular flexibility index (Phi) is 4.36. The number of hydrogen-bond donors (Lipinski definition) is 1. The summed E-state index contributed by atoms with van der Waals surface area (Å²) in [6.07, 6.45) is 2.86. The Morgan fingerprint density at radius 1 is 1.27 bits per heavy atom. The smallest absolute Gasteiger partial charge is 0.0406 e. The van der Waals surface area contributed by atoms with Gasteiger partial charge in [-0.3, -0.25) is 0 Å². The molecule has 1 N–H and O–H groups in total. The second-order valence-electron chi connectivity index (χ2n) is 3.95. The van der Waals surface area contributed by atoms with Crippen LogP contribution in [0.15, 0.2) is 29.2 Å². The third-order valence-corrected chi connectivity index (χ3v) is 3.76. The molecule has 1 fully saturated rings. The molecule has 0 aromatic heterocycles. The molecule has 1 aromatic rings. The van der Waals surface area contributed by atoms with Gasteiger partial charge in [0.1, 0.15) is 0 Å². The highest BCUT2D eigenvalue weighted by molar-refractivity contribution is 7.99. The van der Waals surface area contributed by atoms with Crippen LogP contribution in [0.5, 0.6) is 0 Å². The monoisotopic (exact) mass is 241 g/mol. The first-order valence-corrected chi connectivity index (χ1v) is 6.80. The minimum absolute atomic E-state index is 0.811. The van der Waals surface area contributed by atoms with Gasteiger partial charge in [-0.05, 0) is 49.6 Å². The molecule has 1 aliphatic rings. The first kappa shape index (κ1) is 11.3. The quantitative estimate of drug-likeness (QED) is 0.605. The highest BCUT2D eigenvalue weighted by Gasteiger charge is 2.19. The summed E-state index contributed by atoms with van der Waals surface area (Å²) in [7, 11) is 0. The summed E-state index contributed by atoms with van der Waals surface area (Å²) in [5, 5.41) is 4.29. The van der Waals surface area contributed by atoms with Gasteiger partial charge in [-0.2, -0.15) is 0 Å². The van der Waals surface area contributed by atoms with E-state index in [-0.39, 0.29) is 0 Å². The summed E-state index contributed by atoms with van der Waals surface area (Å²) >= 11 is 7.70. The summed E-state index contributed by atoms with van der Waals surface area (Å²) in [4.78, 5) is 1.30.